The third-order valence-electron chi connectivity index (χ3n) is 4.22. The van der Waals surface area contributed by atoms with Crippen LogP contribution in [0, 0.1) is 0 Å². The topological polar surface area (TPSA) is 54.5 Å². The van der Waals surface area contributed by atoms with Crippen molar-refractivity contribution < 1.29 is 9.53 Å². The van der Waals surface area contributed by atoms with E-state index < -0.39 is 0 Å². The Morgan fingerprint density at radius 1 is 1.26 bits per heavy atom. The number of nitrogens with zero attached hydrogens (tertiary/aromatic N) is 2. The number of hydrogen-bond donors (Lipinski definition) is 1. The van der Waals surface area contributed by atoms with Crippen molar-refractivity contribution in [2.45, 2.75) is 19.4 Å². The fourth-order valence-electron chi connectivity index (χ4n) is 2.95. The number of carbonyl (C=O) groups is 1. The lowest BCUT2D eigenvalue weighted by Crippen LogP contribution is -2.24. The smallest absolute Gasteiger partial charge is 0.269 e. The van der Waals surface area contributed by atoms with Gasteiger partial charge in [0.2, 0.25) is 0 Å². The Hall–Kier alpha value is -2.56. The van der Waals surface area contributed by atoms with Crippen LogP contribution < -0.4 is 15.0 Å². The van der Waals surface area contributed by atoms with Crippen molar-refractivity contribution in [1.29, 1.82) is 0 Å². The van der Waals surface area contributed by atoms with E-state index in [-0.39, 0.29) is 5.91 Å². The number of nitrogens with one attached hydrogen (secondary N) is 1. The average molecular weight is 311 g/mol. The Morgan fingerprint density at radius 2 is 2.13 bits per heavy atom. The lowest BCUT2D eigenvalue weighted by Gasteiger charge is -2.23. The number of fused-ring (bicyclic) bond motifs is 1. The zero-order chi connectivity index (χ0) is 16.2. The van der Waals surface area contributed by atoms with Crippen LogP contribution in [0.15, 0.2) is 36.5 Å². The molecule has 2 aromatic rings. The van der Waals surface area contributed by atoms with Crippen LogP contribution in [0.1, 0.15) is 28.0 Å². The number of hydrogen-bond acceptors (Lipinski definition) is 4. The van der Waals surface area contributed by atoms with E-state index in [2.05, 4.69) is 27.3 Å². The fourth-order valence-corrected chi connectivity index (χ4v) is 2.95. The SMILES string of the molecule is CNC(=O)c1cc(N2CCCc3cc(OC)ccc3C2)ccn1. The van der Waals surface area contributed by atoms with Crippen LogP contribution in [-0.2, 0) is 13.0 Å². The lowest BCUT2D eigenvalue weighted by atomic mass is 10.0. The van der Waals surface area contributed by atoms with Crippen LogP contribution in [-0.4, -0.2) is 31.6 Å². The van der Waals surface area contributed by atoms with Crippen molar-refractivity contribution in [3.63, 3.8) is 0 Å². The molecule has 23 heavy (non-hydrogen) atoms. The predicted molar refractivity (Wildman–Crippen MR) is 90.0 cm³/mol. The monoisotopic (exact) mass is 311 g/mol. The minimum Gasteiger partial charge on any atom is -0.497 e. The van der Waals surface area contributed by atoms with E-state index in [1.54, 1.807) is 20.4 Å². The van der Waals surface area contributed by atoms with Crippen molar-refractivity contribution >= 4 is 11.6 Å². The molecule has 1 N–H and O–H groups in total. The molecule has 0 aliphatic carbocycles. The maximum Gasteiger partial charge on any atom is 0.269 e. The Labute approximate surface area is 136 Å². The van der Waals surface area contributed by atoms with Crippen LogP contribution in [0.5, 0.6) is 5.75 Å². The Morgan fingerprint density at radius 3 is 2.91 bits per heavy atom. The zero-order valence-electron chi connectivity index (χ0n) is 13.5. The molecule has 0 atom stereocenters. The average Bonchev–Trinajstić information content (AvgIpc) is 2.82. The minimum atomic E-state index is -0.160. The first kappa shape index (κ1) is 15.3. The van der Waals surface area contributed by atoms with Gasteiger partial charge in [0.05, 0.1) is 7.11 Å². The lowest BCUT2D eigenvalue weighted by molar-refractivity contribution is 0.0958. The fraction of sp³-hybridized carbons (Fsp3) is 0.333. The molecule has 0 radical (unpaired) electrons. The van der Waals surface area contributed by atoms with Gasteiger partial charge in [0.25, 0.3) is 5.91 Å². The first-order valence-electron chi connectivity index (χ1n) is 7.80. The summed E-state index contributed by atoms with van der Waals surface area (Å²) in [7, 11) is 3.31. The number of carbonyl (C=O) groups excluding carboxylic acids is 1. The maximum atomic E-state index is 11.8. The van der Waals surface area contributed by atoms with E-state index in [1.165, 1.54) is 11.1 Å². The van der Waals surface area contributed by atoms with Crippen LogP contribution in [0.25, 0.3) is 0 Å². The zero-order valence-corrected chi connectivity index (χ0v) is 13.5. The van der Waals surface area contributed by atoms with Gasteiger partial charge in [-0.2, -0.15) is 0 Å². The summed E-state index contributed by atoms with van der Waals surface area (Å²) in [6.45, 7) is 1.78. The molecule has 0 saturated heterocycles. The molecule has 0 saturated carbocycles. The molecule has 0 unspecified atom stereocenters. The molecule has 0 fully saturated rings. The Kier molecular flexibility index (Phi) is 4.46. The van der Waals surface area contributed by atoms with Gasteiger partial charge >= 0.3 is 0 Å². The van der Waals surface area contributed by atoms with Gasteiger partial charge in [0.1, 0.15) is 11.4 Å². The molecule has 5 heteroatoms. The first-order chi connectivity index (χ1) is 11.2. The second-order valence-corrected chi connectivity index (χ2v) is 5.64. The molecule has 5 nitrogen and oxygen atoms in total. The van der Waals surface area contributed by atoms with Crippen molar-refractivity contribution in [3.8, 4) is 5.75 Å². The van der Waals surface area contributed by atoms with Crippen LogP contribution in [0.2, 0.25) is 0 Å². The van der Waals surface area contributed by atoms with Crippen molar-refractivity contribution in [1.82, 2.24) is 10.3 Å². The molecule has 1 aromatic heterocycles. The Balaban J connectivity index is 1.87. The Bertz CT molecular complexity index is 715. The number of benzene rings is 1. The maximum absolute atomic E-state index is 11.8. The van der Waals surface area contributed by atoms with E-state index >= 15 is 0 Å². The molecule has 2 heterocycles. The first-order valence-corrected chi connectivity index (χ1v) is 7.80. The van der Waals surface area contributed by atoms with Gasteiger partial charge in [-0.3, -0.25) is 9.78 Å². The number of aromatic nitrogens is 1. The largest absolute Gasteiger partial charge is 0.497 e. The summed E-state index contributed by atoms with van der Waals surface area (Å²) in [6, 6.07) is 10.1. The summed E-state index contributed by atoms with van der Waals surface area (Å²) < 4.78 is 5.32. The van der Waals surface area contributed by atoms with E-state index in [4.69, 9.17) is 4.74 Å². The van der Waals surface area contributed by atoms with Gasteiger partial charge in [-0.15, -0.1) is 0 Å². The predicted octanol–water partition coefficient (Wildman–Crippen LogP) is 2.40. The van der Waals surface area contributed by atoms with Crippen LogP contribution in [0.3, 0.4) is 0 Å². The molecule has 1 amide bonds. The van der Waals surface area contributed by atoms with Gasteiger partial charge in [-0.05, 0) is 48.2 Å². The molecule has 120 valence electrons. The second kappa shape index (κ2) is 6.69. The quantitative estimate of drug-likeness (QED) is 0.946. The van der Waals surface area contributed by atoms with Crippen LogP contribution >= 0.6 is 0 Å². The van der Waals surface area contributed by atoms with E-state index in [0.717, 1.165) is 37.4 Å². The highest BCUT2D eigenvalue weighted by Gasteiger charge is 2.17. The number of pyridine rings is 1. The standard InChI is InChI=1S/C18H21N3O2/c1-19-18(22)17-11-15(7-8-20-17)21-9-3-4-13-10-16(23-2)6-5-14(13)12-21/h5-8,10-11H,3-4,9,12H2,1-2H3,(H,19,22). The molecule has 3 rings (SSSR count). The van der Waals surface area contributed by atoms with E-state index in [1.807, 2.05) is 18.2 Å². The van der Waals surface area contributed by atoms with E-state index in [9.17, 15) is 4.79 Å². The number of methoxy groups -OCH3 is 1. The highest BCUT2D eigenvalue weighted by Crippen LogP contribution is 2.26. The number of rotatable bonds is 3. The summed E-state index contributed by atoms with van der Waals surface area (Å²) in [6.07, 6.45) is 3.80. The molecule has 1 aromatic carbocycles. The summed E-state index contributed by atoms with van der Waals surface area (Å²) >= 11 is 0. The molecule has 1 aliphatic heterocycles. The third-order valence-corrected chi connectivity index (χ3v) is 4.22. The van der Waals surface area contributed by atoms with Crippen LogP contribution in [0.4, 0.5) is 5.69 Å². The summed E-state index contributed by atoms with van der Waals surface area (Å²) in [4.78, 5) is 18.2. The van der Waals surface area contributed by atoms with E-state index in [0.29, 0.717) is 5.69 Å². The number of aryl methyl sites for hydroxylation is 1. The van der Waals surface area contributed by atoms with Crippen molar-refractivity contribution in [3.05, 3.63) is 53.3 Å². The molecule has 0 spiro atoms. The van der Waals surface area contributed by atoms with Gasteiger partial charge in [0, 0.05) is 32.0 Å². The third kappa shape index (κ3) is 3.28. The number of amides is 1. The summed E-state index contributed by atoms with van der Waals surface area (Å²) in [5.74, 6) is 0.745. The summed E-state index contributed by atoms with van der Waals surface area (Å²) in [5.41, 5.74) is 4.13. The van der Waals surface area contributed by atoms with Gasteiger partial charge in [-0.25, -0.2) is 0 Å². The minimum absolute atomic E-state index is 0.160. The van der Waals surface area contributed by atoms with Gasteiger partial charge in [-0.1, -0.05) is 6.07 Å². The van der Waals surface area contributed by atoms with Gasteiger partial charge in [0.15, 0.2) is 0 Å². The molecular formula is C18H21N3O2. The molecule has 0 bridgehead atoms. The number of anilines is 1. The highest BCUT2D eigenvalue weighted by molar-refractivity contribution is 5.92. The number of ether oxygens (including phenoxy) is 1. The highest BCUT2D eigenvalue weighted by atomic mass is 16.5. The van der Waals surface area contributed by atoms with Crippen molar-refractivity contribution in [2.24, 2.45) is 0 Å². The van der Waals surface area contributed by atoms with Gasteiger partial charge < -0.3 is 15.0 Å². The molecule has 1 aliphatic rings. The normalized spacial score (nSPS) is 13.9. The van der Waals surface area contributed by atoms with Crippen molar-refractivity contribution in [2.75, 3.05) is 25.6 Å². The summed E-state index contributed by atoms with van der Waals surface area (Å²) in [5, 5.41) is 2.62. The molecular weight excluding hydrogens is 290 g/mol. The second-order valence-electron chi connectivity index (χ2n) is 5.64.